The van der Waals surface area contributed by atoms with Gasteiger partial charge in [-0.2, -0.15) is 0 Å². The van der Waals surface area contributed by atoms with Crippen molar-refractivity contribution in [2.24, 2.45) is 5.92 Å². The molecule has 0 bridgehead atoms. The number of benzene rings is 2. The second-order valence-electron chi connectivity index (χ2n) is 8.51. The maximum absolute atomic E-state index is 13.2. The summed E-state index contributed by atoms with van der Waals surface area (Å²) in [6.07, 6.45) is 4.01. The number of aliphatic carboxylic acids is 1. The highest BCUT2D eigenvalue weighted by atomic mass is 19.1. The van der Waals surface area contributed by atoms with E-state index in [0.29, 0.717) is 43.7 Å². The van der Waals surface area contributed by atoms with Crippen LogP contribution in [0.1, 0.15) is 38.2 Å². The third-order valence-corrected chi connectivity index (χ3v) is 5.95. The van der Waals surface area contributed by atoms with Gasteiger partial charge in [0.1, 0.15) is 18.2 Å². The van der Waals surface area contributed by atoms with Crippen molar-refractivity contribution in [1.29, 1.82) is 0 Å². The maximum atomic E-state index is 13.2. The Labute approximate surface area is 199 Å². The SMILES string of the molecule is CCOC(Cc1ccc(OCCN(CC2CCCC2)C(=O)Nc2ccc(F)cc2)cc1)C(=O)O. The van der Waals surface area contributed by atoms with Crippen LogP contribution in [-0.2, 0) is 16.0 Å². The van der Waals surface area contributed by atoms with Crippen LogP contribution in [0.5, 0.6) is 5.75 Å². The van der Waals surface area contributed by atoms with Gasteiger partial charge in [0.05, 0.1) is 6.54 Å². The van der Waals surface area contributed by atoms with Crippen LogP contribution in [-0.4, -0.2) is 54.4 Å². The zero-order chi connectivity index (χ0) is 24.3. The molecule has 1 fully saturated rings. The third kappa shape index (κ3) is 8.02. The van der Waals surface area contributed by atoms with Crippen LogP contribution in [0.3, 0.4) is 0 Å². The number of rotatable bonds is 12. The van der Waals surface area contributed by atoms with E-state index in [0.717, 1.165) is 18.4 Å². The standard InChI is InChI=1S/C26H33FN2O5/c1-2-33-24(25(30)31)17-19-7-13-23(14-8-19)34-16-15-29(18-20-5-3-4-6-20)26(32)28-22-11-9-21(27)10-12-22/h7-14,20,24H,2-6,15-18H2,1H3,(H,28,32)(H,30,31). The summed E-state index contributed by atoms with van der Waals surface area (Å²) < 4.78 is 24.3. The molecular weight excluding hydrogens is 439 g/mol. The van der Waals surface area contributed by atoms with Gasteiger partial charge in [-0.05, 0) is 67.6 Å². The summed E-state index contributed by atoms with van der Waals surface area (Å²) in [5, 5.41) is 12.1. The summed E-state index contributed by atoms with van der Waals surface area (Å²) in [5.41, 5.74) is 1.39. The van der Waals surface area contributed by atoms with E-state index in [-0.39, 0.29) is 18.3 Å². The molecule has 3 rings (SSSR count). The highest BCUT2D eigenvalue weighted by Gasteiger charge is 2.22. The topological polar surface area (TPSA) is 88.1 Å². The Morgan fingerprint density at radius 3 is 2.41 bits per heavy atom. The van der Waals surface area contributed by atoms with Crippen LogP contribution in [0.2, 0.25) is 0 Å². The number of amides is 2. The first-order valence-corrected chi connectivity index (χ1v) is 11.8. The van der Waals surface area contributed by atoms with Gasteiger partial charge in [-0.1, -0.05) is 25.0 Å². The molecule has 0 saturated heterocycles. The van der Waals surface area contributed by atoms with Crippen LogP contribution in [0.15, 0.2) is 48.5 Å². The van der Waals surface area contributed by atoms with Gasteiger partial charge in [-0.15, -0.1) is 0 Å². The Hall–Kier alpha value is -3.13. The van der Waals surface area contributed by atoms with E-state index in [1.165, 1.54) is 25.0 Å². The van der Waals surface area contributed by atoms with Gasteiger partial charge in [0.25, 0.3) is 0 Å². The molecule has 184 valence electrons. The summed E-state index contributed by atoms with van der Waals surface area (Å²) in [7, 11) is 0. The van der Waals surface area contributed by atoms with Crippen molar-refractivity contribution in [3.05, 3.63) is 59.9 Å². The largest absolute Gasteiger partial charge is 0.492 e. The van der Waals surface area contributed by atoms with Crippen molar-refractivity contribution in [1.82, 2.24) is 4.90 Å². The minimum atomic E-state index is -0.983. The number of anilines is 1. The molecule has 2 aromatic rings. The molecule has 8 heteroatoms. The lowest BCUT2D eigenvalue weighted by Gasteiger charge is -2.26. The number of carboxylic acid groups (broad SMARTS) is 1. The van der Waals surface area contributed by atoms with Crippen LogP contribution in [0.4, 0.5) is 14.9 Å². The number of carboxylic acids is 1. The second kappa shape index (κ2) is 12.9. The number of carbonyl (C=O) groups excluding carboxylic acids is 1. The summed E-state index contributed by atoms with van der Waals surface area (Å²) in [6.45, 7) is 3.49. The molecule has 7 nitrogen and oxygen atoms in total. The van der Waals surface area contributed by atoms with Crippen molar-refractivity contribution in [3.63, 3.8) is 0 Å². The number of halogens is 1. The number of ether oxygens (including phenoxy) is 2. The van der Waals surface area contributed by atoms with E-state index in [1.54, 1.807) is 36.1 Å². The molecule has 2 amide bonds. The smallest absolute Gasteiger partial charge is 0.333 e. The molecule has 1 aliphatic rings. The molecule has 1 saturated carbocycles. The Morgan fingerprint density at radius 2 is 1.79 bits per heavy atom. The van der Waals surface area contributed by atoms with Gasteiger partial charge in [-0.3, -0.25) is 0 Å². The molecular formula is C26H33FN2O5. The first kappa shape index (κ1) is 25.5. The molecule has 1 unspecified atom stereocenters. The Kier molecular flexibility index (Phi) is 9.70. The molecule has 0 heterocycles. The predicted octanol–water partition coefficient (Wildman–Crippen LogP) is 4.96. The van der Waals surface area contributed by atoms with Crippen LogP contribution in [0.25, 0.3) is 0 Å². The van der Waals surface area contributed by atoms with E-state index < -0.39 is 12.1 Å². The minimum absolute atomic E-state index is 0.229. The molecule has 0 spiro atoms. The quantitative estimate of drug-likeness (QED) is 0.456. The third-order valence-electron chi connectivity index (χ3n) is 5.95. The average Bonchev–Trinajstić information content (AvgIpc) is 3.34. The van der Waals surface area contributed by atoms with E-state index in [4.69, 9.17) is 9.47 Å². The Balaban J connectivity index is 1.54. The summed E-state index contributed by atoms with van der Waals surface area (Å²) in [5.74, 6) is -0.211. The molecule has 0 radical (unpaired) electrons. The normalized spacial score (nSPS) is 14.5. The maximum Gasteiger partial charge on any atom is 0.333 e. The van der Waals surface area contributed by atoms with Gasteiger partial charge in [0, 0.05) is 25.3 Å². The molecule has 2 aromatic carbocycles. The van der Waals surface area contributed by atoms with Crippen LogP contribution in [0, 0.1) is 11.7 Å². The van der Waals surface area contributed by atoms with Crippen LogP contribution < -0.4 is 10.1 Å². The summed E-state index contributed by atoms with van der Waals surface area (Å²) in [4.78, 5) is 25.9. The van der Waals surface area contributed by atoms with E-state index >= 15 is 0 Å². The zero-order valence-corrected chi connectivity index (χ0v) is 19.5. The average molecular weight is 473 g/mol. The first-order chi connectivity index (χ1) is 16.4. The van der Waals surface area contributed by atoms with Gasteiger partial charge in [0.15, 0.2) is 6.10 Å². The lowest BCUT2D eigenvalue weighted by atomic mass is 10.1. The molecule has 2 N–H and O–H groups in total. The molecule has 1 aliphatic carbocycles. The van der Waals surface area contributed by atoms with Crippen molar-refractivity contribution < 1.29 is 28.6 Å². The molecule has 0 aliphatic heterocycles. The predicted molar refractivity (Wildman–Crippen MR) is 128 cm³/mol. The van der Waals surface area contributed by atoms with Crippen molar-refractivity contribution in [3.8, 4) is 5.75 Å². The second-order valence-corrected chi connectivity index (χ2v) is 8.51. The number of hydrogen-bond acceptors (Lipinski definition) is 4. The molecule has 0 aromatic heterocycles. The van der Waals surface area contributed by atoms with Crippen molar-refractivity contribution >= 4 is 17.7 Å². The number of carbonyl (C=O) groups is 2. The van der Waals surface area contributed by atoms with E-state index in [9.17, 15) is 19.1 Å². The lowest BCUT2D eigenvalue weighted by Crippen LogP contribution is -2.40. The van der Waals surface area contributed by atoms with Gasteiger partial charge in [0.2, 0.25) is 0 Å². The van der Waals surface area contributed by atoms with E-state index in [1.807, 2.05) is 12.1 Å². The van der Waals surface area contributed by atoms with Crippen molar-refractivity contribution in [2.75, 3.05) is 31.6 Å². The van der Waals surface area contributed by atoms with Crippen LogP contribution >= 0.6 is 0 Å². The summed E-state index contributed by atoms with van der Waals surface area (Å²) in [6, 6.07) is 12.7. The molecule has 1 atom stereocenters. The number of nitrogens with zero attached hydrogens (tertiary/aromatic N) is 1. The van der Waals surface area contributed by atoms with E-state index in [2.05, 4.69) is 5.32 Å². The fourth-order valence-corrected chi connectivity index (χ4v) is 4.14. The van der Waals surface area contributed by atoms with Gasteiger partial charge >= 0.3 is 12.0 Å². The Morgan fingerprint density at radius 1 is 1.12 bits per heavy atom. The Bertz CT molecular complexity index is 914. The number of hydrogen-bond donors (Lipinski definition) is 2. The zero-order valence-electron chi connectivity index (χ0n) is 19.5. The number of urea groups is 1. The number of nitrogens with one attached hydrogen (secondary N) is 1. The van der Waals surface area contributed by atoms with Gasteiger partial charge in [-0.25, -0.2) is 14.0 Å². The summed E-state index contributed by atoms with van der Waals surface area (Å²) >= 11 is 0. The fourth-order valence-electron chi connectivity index (χ4n) is 4.14. The minimum Gasteiger partial charge on any atom is -0.492 e. The first-order valence-electron chi connectivity index (χ1n) is 11.8. The highest BCUT2D eigenvalue weighted by Crippen LogP contribution is 2.26. The highest BCUT2D eigenvalue weighted by molar-refractivity contribution is 5.89. The fraction of sp³-hybridized carbons (Fsp3) is 0.462. The molecule has 34 heavy (non-hydrogen) atoms. The monoisotopic (exact) mass is 472 g/mol. The van der Waals surface area contributed by atoms with Gasteiger partial charge < -0.3 is 24.8 Å². The van der Waals surface area contributed by atoms with Crippen molar-refractivity contribution in [2.45, 2.75) is 45.1 Å². The lowest BCUT2D eigenvalue weighted by molar-refractivity contribution is -0.149.